The molecule has 0 aliphatic carbocycles. The summed E-state index contributed by atoms with van der Waals surface area (Å²) in [6, 6.07) is 0. The molecule has 0 aliphatic heterocycles. The SMILES string of the molecule is CC.CC.CC.CC.CC.CC.CC(=O)O[C@H](C)CCCCCl.CCCCC[C@@H](C)O.CCCCC[C@@H](C)OC(C)=O. The number of aliphatic hydroxyl groups is 1. The van der Waals surface area contributed by atoms with Crippen molar-refractivity contribution in [1.29, 1.82) is 0 Å². The van der Waals surface area contributed by atoms with Crippen LogP contribution in [0.2, 0.25) is 0 Å². The first kappa shape index (κ1) is 64.2. The molecule has 0 heterocycles. The molecule has 0 aromatic rings. The molecule has 266 valence electrons. The van der Waals surface area contributed by atoms with Crippen LogP contribution in [0.4, 0.5) is 0 Å². The van der Waals surface area contributed by atoms with Crippen molar-refractivity contribution in [2.45, 2.75) is 220 Å². The predicted octanol–water partition coefficient (Wildman–Crippen LogP) is 13.0. The van der Waals surface area contributed by atoms with E-state index in [0.29, 0.717) is 5.88 Å². The largest absolute Gasteiger partial charge is 0.463 e. The van der Waals surface area contributed by atoms with Gasteiger partial charge in [-0.25, -0.2) is 0 Å². The Balaban J connectivity index is -0.0000000472. The van der Waals surface area contributed by atoms with Gasteiger partial charge in [0.15, 0.2) is 0 Å². The van der Waals surface area contributed by atoms with Gasteiger partial charge in [0.25, 0.3) is 0 Å². The van der Waals surface area contributed by atoms with Gasteiger partial charge in [0, 0.05) is 19.7 Å². The van der Waals surface area contributed by atoms with E-state index in [0.717, 1.165) is 38.5 Å². The summed E-state index contributed by atoms with van der Waals surface area (Å²) in [4.78, 5) is 20.9. The lowest BCUT2D eigenvalue weighted by Crippen LogP contribution is -2.11. The number of hydrogen-bond acceptors (Lipinski definition) is 5. The number of halogens is 1. The minimum Gasteiger partial charge on any atom is -0.463 e. The summed E-state index contributed by atoms with van der Waals surface area (Å²) in [7, 11) is 0. The third-order valence-electron chi connectivity index (χ3n) is 4.17. The molecule has 6 heteroatoms. The first-order valence-corrected chi connectivity index (χ1v) is 18.2. The van der Waals surface area contributed by atoms with E-state index < -0.39 is 0 Å². The maximum atomic E-state index is 10.5. The highest BCUT2D eigenvalue weighted by molar-refractivity contribution is 6.17. The monoisotopic (exact) mass is 633 g/mol. The topological polar surface area (TPSA) is 72.8 Å². The highest BCUT2D eigenvalue weighted by Gasteiger charge is 2.04. The number of aliphatic hydroxyl groups excluding tert-OH is 1. The van der Waals surface area contributed by atoms with E-state index in [1.165, 1.54) is 46.0 Å². The lowest BCUT2D eigenvalue weighted by Gasteiger charge is -2.10. The summed E-state index contributed by atoms with van der Waals surface area (Å²) in [5, 5.41) is 8.78. The number of hydrogen-bond donors (Lipinski definition) is 1. The highest BCUT2D eigenvalue weighted by Crippen LogP contribution is 2.06. The van der Waals surface area contributed by atoms with Gasteiger partial charge in [0.05, 0.1) is 18.3 Å². The maximum absolute atomic E-state index is 10.5. The molecule has 0 saturated carbocycles. The Kier molecular flexibility index (Phi) is 119. The average Bonchev–Trinajstić information content (AvgIpc) is 2.99. The molecular formula is C36H85ClO5. The number of alkyl halides is 1. The summed E-state index contributed by atoms with van der Waals surface area (Å²) in [6.07, 6.45) is 12.2. The lowest BCUT2D eigenvalue weighted by atomic mass is 10.1. The molecule has 0 unspecified atom stereocenters. The van der Waals surface area contributed by atoms with Crippen LogP contribution in [0.5, 0.6) is 0 Å². The molecule has 3 atom stereocenters. The minimum atomic E-state index is -0.205. The van der Waals surface area contributed by atoms with Crippen molar-refractivity contribution in [2.24, 2.45) is 0 Å². The Morgan fingerprint density at radius 2 is 0.810 bits per heavy atom. The molecule has 1 N–H and O–H groups in total. The fraction of sp³-hybridized carbons (Fsp3) is 0.944. The fourth-order valence-corrected chi connectivity index (χ4v) is 2.77. The molecule has 0 fully saturated rings. The van der Waals surface area contributed by atoms with Crippen molar-refractivity contribution in [3.63, 3.8) is 0 Å². The van der Waals surface area contributed by atoms with E-state index in [4.69, 9.17) is 26.2 Å². The molecule has 0 aromatic heterocycles. The van der Waals surface area contributed by atoms with Crippen LogP contribution in [-0.4, -0.2) is 41.2 Å². The van der Waals surface area contributed by atoms with E-state index >= 15 is 0 Å². The predicted molar refractivity (Wildman–Crippen MR) is 195 cm³/mol. The van der Waals surface area contributed by atoms with Crippen molar-refractivity contribution < 1.29 is 24.2 Å². The molecule has 42 heavy (non-hydrogen) atoms. The zero-order chi connectivity index (χ0) is 35.8. The molecule has 0 aromatic carbocycles. The Labute approximate surface area is 273 Å². The third kappa shape index (κ3) is 116. The standard InChI is InChI=1S/C9H18O2.C8H15ClO2.C7H16O.6C2H6/c1-4-5-6-7-8(2)11-9(3)10;1-7(11-8(2)10)5-3-4-6-9;1-3-4-5-6-7(2)8;6*1-2/h8H,4-7H2,1-3H3;7H,3-6H2,1-2H3;7-8H,3-6H2,1-2H3;6*1-2H3/t8-;2*7-;;;;;;/m111....../s1. The van der Waals surface area contributed by atoms with Gasteiger partial charge >= 0.3 is 11.9 Å². The summed E-state index contributed by atoms with van der Waals surface area (Å²) in [5.41, 5.74) is 0. The molecule has 5 nitrogen and oxygen atoms in total. The van der Waals surface area contributed by atoms with Gasteiger partial charge in [-0.2, -0.15) is 0 Å². The second-order valence-corrected chi connectivity index (χ2v) is 8.24. The van der Waals surface area contributed by atoms with Gasteiger partial charge in [-0.3, -0.25) is 9.59 Å². The van der Waals surface area contributed by atoms with Crippen molar-refractivity contribution >= 4 is 23.5 Å². The van der Waals surface area contributed by atoms with E-state index in [2.05, 4.69) is 13.8 Å². The fourth-order valence-electron chi connectivity index (χ4n) is 2.58. The van der Waals surface area contributed by atoms with Gasteiger partial charge < -0.3 is 14.6 Å². The van der Waals surface area contributed by atoms with Gasteiger partial charge in [-0.15, -0.1) is 11.6 Å². The van der Waals surface area contributed by atoms with Crippen LogP contribution in [0.1, 0.15) is 202 Å². The molecular weight excluding hydrogens is 548 g/mol. The van der Waals surface area contributed by atoms with Crippen molar-refractivity contribution in [1.82, 2.24) is 0 Å². The van der Waals surface area contributed by atoms with Crippen LogP contribution in [0.25, 0.3) is 0 Å². The lowest BCUT2D eigenvalue weighted by molar-refractivity contribution is -0.146. The number of ether oxygens (including phenoxy) is 2. The Morgan fingerprint density at radius 3 is 1.02 bits per heavy atom. The van der Waals surface area contributed by atoms with E-state index in [9.17, 15) is 9.59 Å². The molecule has 0 bridgehead atoms. The first-order chi connectivity index (χ1) is 20.1. The number of unbranched alkanes of at least 4 members (excludes halogenated alkanes) is 5. The highest BCUT2D eigenvalue weighted by atomic mass is 35.5. The molecule has 0 spiro atoms. The van der Waals surface area contributed by atoms with Gasteiger partial charge in [-0.1, -0.05) is 129 Å². The van der Waals surface area contributed by atoms with E-state index in [-0.39, 0.29) is 30.3 Å². The summed E-state index contributed by atoms with van der Waals surface area (Å²) < 4.78 is 9.87. The zero-order valence-electron chi connectivity index (χ0n) is 32.7. The second kappa shape index (κ2) is 77.7. The molecule has 0 rings (SSSR count). The Hall–Kier alpha value is -0.810. The normalized spacial score (nSPS) is 10.1. The van der Waals surface area contributed by atoms with Crippen LogP contribution in [-0.2, 0) is 19.1 Å². The minimum absolute atomic E-state index is 0.0377. The van der Waals surface area contributed by atoms with Gasteiger partial charge in [0.2, 0.25) is 0 Å². The second-order valence-electron chi connectivity index (χ2n) is 7.87. The van der Waals surface area contributed by atoms with E-state index in [1.807, 2.05) is 104 Å². The molecule has 0 saturated heterocycles. The van der Waals surface area contributed by atoms with Crippen molar-refractivity contribution in [3.8, 4) is 0 Å². The van der Waals surface area contributed by atoms with Crippen molar-refractivity contribution in [3.05, 3.63) is 0 Å². The van der Waals surface area contributed by atoms with Crippen LogP contribution in [0, 0.1) is 0 Å². The smallest absolute Gasteiger partial charge is 0.302 e. The average molecular weight is 634 g/mol. The number of rotatable bonds is 14. The Morgan fingerprint density at radius 1 is 0.548 bits per heavy atom. The van der Waals surface area contributed by atoms with E-state index in [1.54, 1.807) is 0 Å². The summed E-state index contributed by atoms with van der Waals surface area (Å²) >= 11 is 5.48. The van der Waals surface area contributed by atoms with Crippen molar-refractivity contribution in [2.75, 3.05) is 5.88 Å². The summed E-state index contributed by atoms with van der Waals surface area (Å²) in [6.45, 7) is 36.9. The zero-order valence-corrected chi connectivity index (χ0v) is 33.4. The number of esters is 2. The number of carbonyl (C=O) groups is 2. The first-order valence-electron chi connectivity index (χ1n) is 17.7. The van der Waals surface area contributed by atoms with Crippen LogP contribution < -0.4 is 0 Å². The van der Waals surface area contributed by atoms with Gasteiger partial charge in [-0.05, 0) is 59.3 Å². The third-order valence-corrected chi connectivity index (χ3v) is 4.44. The van der Waals surface area contributed by atoms with Gasteiger partial charge in [0.1, 0.15) is 0 Å². The number of carbonyl (C=O) groups excluding carboxylic acids is 2. The quantitative estimate of drug-likeness (QED) is 0.117. The van der Waals surface area contributed by atoms with Crippen LogP contribution in [0.15, 0.2) is 0 Å². The maximum Gasteiger partial charge on any atom is 0.302 e. The molecule has 0 radical (unpaired) electrons. The van der Waals surface area contributed by atoms with Crippen LogP contribution in [0.3, 0.4) is 0 Å². The molecule has 0 amide bonds. The molecule has 0 aliphatic rings. The van der Waals surface area contributed by atoms with Crippen LogP contribution >= 0.6 is 11.6 Å². The summed E-state index contributed by atoms with van der Waals surface area (Å²) in [5.74, 6) is 0.310. The Bertz CT molecular complexity index is 350.